The van der Waals surface area contributed by atoms with Gasteiger partial charge in [0.05, 0.1) is 22.1 Å². The van der Waals surface area contributed by atoms with Crippen LogP contribution in [0.4, 0.5) is 0 Å². The van der Waals surface area contributed by atoms with Gasteiger partial charge >= 0.3 is 0 Å². The van der Waals surface area contributed by atoms with Gasteiger partial charge in [0.15, 0.2) is 0 Å². The number of imidazole rings is 1. The summed E-state index contributed by atoms with van der Waals surface area (Å²) in [4.78, 5) is 5.17. The van der Waals surface area contributed by atoms with Crippen LogP contribution in [0.2, 0.25) is 0 Å². The first kappa shape index (κ1) is 29.9. The van der Waals surface area contributed by atoms with Crippen molar-refractivity contribution in [1.82, 2.24) is 14.1 Å². The number of thiophene rings is 1. The van der Waals surface area contributed by atoms with Gasteiger partial charge in [-0.25, -0.2) is 4.98 Å². The van der Waals surface area contributed by atoms with E-state index in [2.05, 4.69) is 197 Å². The van der Waals surface area contributed by atoms with E-state index >= 15 is 0 Å². The zero-order valence-electron chi connectivity index (χ0n) is 28.6. The molecule has 4 heteroatoms. The Morgan fingerprint density at radius 3 is 1.74 bits per heavy atom. The zero-order chi connectivity index (χ0) is 34.9. The van der Waals surface area contributed by atoms with Crippen molar-refractivity contribution in [3.05, 3.63) is 188 Å². The molecule has 11 rings (SSSR count). The molecule has 3 nitrogen and oxygen atoms in total. The fourth-order valence-electron chi connectivity index (χ4n) is 8.15. The largest absolute Gasteiger partial charge is 0.309 e. The number of rotatable bonds is 5. The molecule has 0 atom stereocenters. The standard InChI is InChI=1S/C49H31N3S/c1-3-14-32(15-4-1)37-21-12-23-40-41-24-13-22-38(48(41)53-47(37)40)33-28-29-45-42(31-33)39-20-7-9-26-44(39)51(45)36-19-11-16-34(30-36)49-50-43-25-8-10-27-46(43)52(49)35-17-5-2-6-18-35/h1-31H. The van der Waals surface area contributed by atoms with Crippen LogP contribution in [-0.2, 0) is 0 Å². The summed E-state index contributed by atoms with van der Waals surface area (Å²) in [6.45, 7) is 0. The van der Waals surface area contributed by atoms with E-state index in [-0.39, 0.29) is 0 Å². The topological polar surface area (TPSA) is 22.8 Å². The number of hydrogen-bond acceptors (Lipinski definition) is 2. The van der Waals surface area contributed by atoms with Gasteiger partial charge in [-0.2, -0.15) is 0 Å². The first-order valence-corrected chi connectivity index (χ1v) is 18.8. The van der Waals surface area contributed by atoms with Crippen LogP contribution in [0.25, 0.3) is 98.0 Å². The summed E-state index contributed by atoms with van der Waals surface area (Å²) in [5.74, 6) is 0.925. The lowest BCUT2D eigenvalue weighted by molar-refractivity contribution is 1.10. The van der Waals surface area contributed by atoms with Gasteiger partial charge in [0, 0.05) is 47.9 Å². The monoisotopic (exact) mass is 693 g/mol. The van der Waals surface area contributed by atoms with Crippen LogP contribution in [0.5, 0.6) is 0 Å². The third kappa shape index (κ3) is 4.70. The highest BCUT2D eigenvalue weighted by atomic mass is 32.1. The molecule has 11 aromatic rings. The summed E-state index contributed by atoms with van der Waals surface area (Å²) in [6.07, 6.45) is 0. The number of hydrogen-bond donors (Lipinski definition) is 0. The highest BCUT2D eigenvalue weighted by Gasteiger charge is 2.19. The molecule has 0 aliphatic rings. The highest BCUT2D eigenvalue weighted by molar-refractivity contribution is 7.26. The molecule has 0 aliphatic heterocycles. The van der Waals surface area contributed by atoms with Gasteiger partial charge in [0.1, 0.15) is 5.82 Å². The van der Waals surface area contributed by atoms with Crippen LogP contribution in [0.15, 0.2) is 188 Å². The smallest absolute Gasteiger partial charge is 0.145 e. The summed E-state index contributed by atoms with van der Waals surface area (Å²) in [7, 11) is 0. The molecule has 0 saturated carbocycles. The van der Waals surface area contributed by atoms with E-state index in [9.17, 15) is 0 Å². The first-order valence-electron chi connectivity index (χ1n) is 18.0. The molecule has 53 heavy (non-hydrogen) atoms. The van der Waals surface area contributed by atoms with E-state index < -0.39 is 0 Å². The fraction of sp³-hybridized carbons (Fsp3) is 0. The Bertz CT molecular complexity index is 3170. The van der Waals surface area contributed by atoms with E-state index in [1.807, 2.05) is 11.3 Å². The molecular formula is C49H31N3S. The number of para-hydroxylation sites is 4. The minimum absolute atomic E-state index is 0.925. The van der Waals surface area contributed by atoms with Crippen molar-refractivity contribution in [2.45, 2.75) is 0 Å². The lowest BCUT2D eigenvalue weighted by Gasteiger charge is -2.12. The average molecular weight is 694 g/mol. The third-order valence-corrected chi connectivity index (χ3v) is 11.8. The Labute approximate surface area is 310 Å². The first-order chi connectivity index (χ1) is 26.3. The average Bonchev–Trinajstić information content (AvgIpc) is 3.91. The summed E-state index contributed by atoms with van der Waals surface area (Å²) >= 11 is 1.90. The maximum Gasteiger partial charge on any atom is 0.145 e. The van der Waals surface area contributed by atoms with Crippen molar-refractivity contribution in [2.24, 2.45) is 0 Å². The molecule has 0 saturated heterocycles. The lowest BCUT2D eigenvalue weighted by Crippen LogP contribution is -1.99. The van der Waals surface area contributed by atoms with Gasteiger partial charge in [-0.05, 0) is 76.9 Å². The third-order valence-electron chi connectivity index (χ3n) is 10.5. The maximum atomic E-state index is 5.17. The van der Waals surface area contributed by atoms with Crippen molar-refractivity contribution >= 4 is 64.3 Å². The van der Waals surface area contributed by atoms with Crippen LogP contribution in [-0.4, -0.2) is 14.1 Å². The van der Waals surface area contributed by atoms with Gasteiger partial charge in [-0.15, -0.1) is 11.3 Å². The molecule has 0 spiro atoms. The second-order valence-corrected chi connectivity index (χ2v) is 14.6. The minimum atomic E-state index is 0.925. The van der Waals surface area contributed by atoms with Crippen molar-refractivity contribution < 1.29 is 0 Å². The second kappa shape index (κ2) is 11.9. The number of fused-ring (bicyclic) bond motifs is 7. The van der Waals surface area contributed by atoms with Crippen molar-refractivity contribution in [2.75, 3.05) is 0 Å². The predicted molar refractivity (Wildman–Crippen MR) is 225 cm³/mol. The van der Waals surface area contributed by atoms with Crippen LogP contribution >= 0.6 is 11.3 Å². The molecule has 0 radical (unpaired) electrons. The molecule has 3 aromatic heterocycles. The minimum Gasteiger partial charge on any atom is -0.309 e. The Morgan fingerprint density at radius 1 is 0.358 bits per heavy atom. The second-order valence-electron chi connectivity index (χ2n) is 13.6. The summed E-state index contributed by atoms with van der Waals surface area (Å²) in [5, 5.41) is 5.09. The molecule has 8 aromatic carbocycles. The Hall–Kier alpha value is -6.75. The molecule has 0 fully saturated rings. The highest BCUT2D eigenvalue weighted by Crippen LogP contribution is 2.45. The quantitative estimate of drug-likeness (QED) is 0.176. The van der Waals surface area contributed by atoms with E-state index in [0.29, 0.717) is 0 Å². The molecular weight excluding hydrogens is 663 g/mol. The Balaban J connectivity index is 1.09. The molecule has 0 N–H and O–H groups in total. The van der Waals surface area contributed by atoms with Crippen LogP contribution in [0, 0.1) is 0 Å². The summed E-state index contributed by atoms with van der Waals surface area (Å²) in [5.41, 5.74) is 12.7. The lowest BCUT2D eigenvalue weighted by atomic mass is 9.99. The Morgan fingerprint density at radius 2 is 0.943 bits per heavy atom. The van der Waals surface area contributed by atoms with E-state index in [1.54, 1.807) is 0 Å². The SMILES string of the molecule is c1ccc(-c2cccc3c2sc2c(-c4ccc5c(c4)c4ccccc4n5-c4cccc(-c5nc6ccccc6n5-c5ccccc5)c4)cccc23)cc1. The van der Waals surface area contributed by atoms with E-state index in [0.717, 1.165) is 33.8 Å². The van der Waals surface area contributed by atoms with Gasteiger partial charge < -0.3 is 4.57 Å². The van der Waals surface area contributed by atoms with Crippen LogP contribution in [0.3, 0.4) is 0 Å². The van der Waals surface area contributed by atoms with Crippen molar-refractivity contribution in [3.63, 3.8) is 0 Å². The zero-order valence-corrected chi connectivity index (χ0v) is 29.5. The number of benzene rings is 8. The van der Waals surface area contributed by atoms with Gasteiger partial charge in [-0.3, -0.25) is 4.57 Å². The Kier molecular flexibility index (Phi) is 6.73. The number of nitrogens with zero attached hydrogens (tertiary/aromatic N) is 3. The van der Waals surface area contributed by atoms with Crippen molar-refractivity contribution in [1.29, 1.82) is 0 Å². The van der Waals surface area contributed by atoms with E-state index in [4.69, 9.17) is 4.98 Å². The molecule has 0 unspecified atom stereocenters. The fourth-order valence-corrected chi connectivity index (χ4v) is 9.53. The molecule has 248 valence electrons. The molecule has 0 amide bonds. The molecule has 0 aliphatic carbocycles. The molecule has 3 heterocycles. The van der Waals surface area contributed by atoms with Crippen LogP contribution in [0.1, 0.15) is 0 Å². The molecule has 0 bridgehead atoms. The van der Waals surface area contributed by atoms with E-state index in [1.165, 1.54) is 64.2 Å². The summed E-state index contributed by atoms with van der Waals surface area (Å²) in [6, 6.07) is 67.7. The van der Waals surface area contributed by atoms with Gasteiger partial charge in [0.2, 0.25) is 0 Å². The predicted octanol–water partition coefficient (Wildman–Crippen LogP) is 13.5. The van der Waals surface area contributed by atoms with Crippen LogP contribution < -0.4 is 0 Å². The van der Waals surface area contributed by atoms with Gasteiger partial charge in [0.25, 0.3) is 0 Å². The summed E-state index contributed by atoms with van der Waals surface area (Å²) < 4.78 is 7.33. The number of aromatic nitrogens is 3. The van der Waals surface area contributed by atoms with Crippen molar-refractivity contribution in [3.8, 4) is 45.0 Å². The maximum absolute atomic E-state index is 5.17. The normalized spacial score (nSPS) is 11.8. The van der Waals surface area contributed by atoms with Gasteiger partial charge in [-0.1, -0.05) is 133 Å².